The number of halogens is 2. The Balaban J connectivity index is 1.83. The van der Waals surface area contributed by atoms with E-state index in [1.807, 2.05) is 13.8 Å². The van der Waals surface area contributed by atoms with E-state index in [0.717, 1.165) is 24.7 Å². The molecule has 4 rings (SSSR count). The van der Waals surface area contributed by atoms with Crippen molar-refractivity contribution in [3.8, 4) is 22.6 Å². The molecule has 0 unspecified atom stereocenters. The van der Waals surface area contributed by atoms with Gasteiger partial charge in [-0.2, -0.15) is 0 Å². The maximum Gasteiger partial charge on any atom is 0.232 e. The first-order valence-corrected chi connectivity index (χ1v) is 12.9. The van der Waals surface area contributed by atoms with Crippen LogP contribution < -0.4 is 10.0 Å². The second-order valence-electron chi connectivity index (χ2n) is 8.42. The molecule has 0 spiro atoms. The van der Waals surface area contributed by atoms with Gasteiger partial charge in [0.25, 0.3) is 0 Å². The van der Waals surface area contributed by atoms with Crippen LogP contribution in [-0.4, -0.2) is 40.1 Å². The van der Waals surface area contributed by atoms with Crippen LogP contribution in [0.5, 0.6) is 0 Å². The van der Waals surface area contributed by atoms with Gasteiger partial charge in [-0.25, -0.2) is 27.8 Å². The summed E-state index contributed by atoms with van der Waals surface area (Å²) >= 11 is 6.59. The Labute approximate surface area is 197 Å². The molecule has 3 aromatic rings. The van der Waals surface area contributed by atoms with Crippen LogP contribution in [0.4, 0.5) is 16.0 Å². The minimum atomic E-state index is -3.66. The van der Waals surface area contributed by atoms with Gasteiger partial charge < -0.3 is 10.3 Å². The molecule has 1 aliphatic rings. The van der Waals surface area contributed by atoms with E-state index in [1.54, 1.807) is 19.2 Å². The summed E-state index contributed by atoms with van der Waals surface area (Å²) in [6.45, 7) is 5.71. The van der Waals surface area contributed by atoms with Crippen LogP contribution in [-0.2, 0) is 10.0 Å². The summed E-state index contributed by atoms with van der Waals surface area (Å²) in [5.41, 5.74) is 1.80. The van der Waals surface area contributed by atoms with Gasteiger partial charge in [-0.05, 0) is 51.3 Å². The Morgan fingerprint density at radius 3 is 2.70 bits per heavy atom. The number of hydrogen-bond donors (Lipinski definition) is 3. The van der Waals surface area contributed by atoms with E-state index in [4.69, 9.17) is 16.6 Å². The van der Waals surface area contributed by atoms with Gasteiger partial charge >= 0.3 is 0 Å². The predicted octanol–water partition coefficient (Wildman–Crippen LogP) is 5.18. The van der Waals surface area contributed by atoms with E-state index in [-0.39, 0.29) is 28.1 Å². The Hall–Kier alpha value is -2.72. The van der Waals surface area contributed by atoms with Crippen molar-refractivity contribution in [2.24, 2.45) is 0 Å². The van der Waals surface area contributed by atoms with Crippen LogP contribution in [0, 0.1) is 5.82 Å². The number of aromatic nitrogens is 4. The van der Waals surface area contributed by atoms with Crippen LogP contribution in [0.2, 0.25) is 5.02 Å². The van der Waals surface area contributed by atoms with E-state index in [1.165, 1.54) is 6.07 Å². The molecule has 0 bridgehead atoms. The first-order valence-electron chi connectivity index (χ1n) is 10.9. The third-order valence-electron chi connectivity index (χ3n) is 5.05. The summed E-state index contributed by atoms with van der Waals surface area (Å²) < 4.78 is 41.6. The summed E-state index contributed by atoms with van der Waals surface area (Å²) in [7, 11) is -3.66. The lowest BCUT2D eigenvalue weighted by atomic mass is 10.1. The summed E-state index contributed by atoms with van der Waals surface area (Å²) in [5, 5.41) is 3.23. The molecular weight excluding hydrogens is 467 g/mol. The largest absolute Gasteiger partial charge is 0.352 e. The Morgan fingerprint density at radius 2 is 2.03 bits per heavy atom. The van der Waals surface area contributed by atoms with Gasteiger partial charge in [-0.15, -0.1) is 0 Å². The molecule has 0 aliphatic heterocycles. The third-order valence-corrected chi connectivity index (χ3v) is 6.93. The first-order chi connectivity index (χ1) is 15.7. The van der Waals surface area contributed by atoms with Crippen molar-refractivity contribution >= 4 is 33.3 Å². The third kappa shape index (κ3) is 5.44. The molecule has 1 saturated carbocycles. The van der Waals surface area contributed by atoms with Gasteiger partial charge in [-0.1, -0.05) is 18.5 Å². The fourth-order valence-electron chi connectivity index (χ4n) is 3.47. The number of benzene rings is 1. The number of hydrogen-bond acceptors (Lipinski definition) is 6. The van der Waals surface area contributed by atoms with Gasteiger partial charge in [0.2, 0.25) is 16.0 Å². The number of aromatic amines is 1. The van der Waals surface area contributed by atoms with Crippen LogP contribution in [0.3, 0.4) is 0 Å². The topological polar surface area (TPSA) is 113 Å². The quantitative estimate of drug-likeness (QED) is 0.379. The standard InChI is InChI=1S/C22H26ClFN6O2S/c1-4-9-33(31,32)30-17-11-14(24)10-15(18(17)23)19-20(29-21(28-19)13-5-6-13)16-7-8-25-22(27-16)26-12(2)3/h7-8,10-13,30H,4-6,9H2,1-3H3,(H,28,29)(H,25,26,27). The summed E-state index contributed by atoms with van der Waals surface area (Å²) in [6.07, 6.45) is 4.07. The number of anilines is 2. The molecule has 1 fully saturated rings. The first kappa shape index (κ1) is 23.4. The molecule has 176 valence electrons. The highest BCUT2D eigenvalue weighted by molar-refractivity contribution is 7.92. The van der Waals surface area contributed by atoms with Crippen molar-refractivity contribution in [2.75, 3.05) is 15.8 Å². The fourth-order valence-corrected chi connectivity index (χ4v) is 4.91. The van der Waals surface area contributed by atoms with Crippen molar-refractivity contribution in [3.05, 3.63) is 41.1 Å². The van der Waals surface area contributed by atoms with E-state index >= 15 is 0 Å². The molecule has 0 radical (unpaired) electrons. The zero-order chi connectivity index (χ0) is 23.8. The zero-order valence-electron chi connectivity index (χ0n) is 18.6. The summed E-state index contributed by atoms with van der Waals surface area (Å²) in [5.74, 6) is 0.791. The molecule has 0 saturated heterocycles. The van der Waals surface area contributed by atoms with Gasteiger partial charge in [0.1, 0.15) is 11.6 Å². The molecule has 33 heavy (non-hydrogen) atoms. The van der Waals surface area contributed by atoms with Gasteiger partial charge in [0.05, 0.1) is 33.5 Å². The number of sulfonamides is 1. The second-order valence-corrected chi connectivity index (χ2v) is 10.6. The highest BCUT2D eigenvalue weighted by Gasteiger charge is 2.30. The molecule has 0 amide bonds. The fraction of sp³-hybridized carbons (Fsp3) is 0.409. The van der Waals surface area contributed by atoms with Crippen LogP contribution in [0.1, 0.15) is 51.8 Å². The Bertz CT molecular complexity index is 1270. The smallest absolute Gasteiger partial charge is 0.232 e. The van der Waals surface area contributed by atoms with Gasteiger partial charge in [-0.3, -0.25) is 4.72 Å². The van der Waals surface area contributed by atoms with Crippen LogP contribution in [0.25, 0.3) is 22.6 Å². The Morgan fingerprint density at radius 1 is 1.27 bits per heavy atom. The molecule has 8 nitrogen and oxygen atoms in total. The zero-order valence-corrected chi connectivity index (χ0v) is 20.2. The highest BCUT2D eigenvalue weighted by atomic mass is 35.5. The average Bonchev–Trinajstić information content (AvgIpc) is 3.48. The number of nitrogens with one attached hydrogen (secondary N) is 3. The Kier molecular flexibility index (Phi) is 6.58. The number of H-pyrrole nitrogens is 1. The molecule has 11 heteroatoms. The lowest BCUT2D eigenvalue weighted by Crippen LogP contribution is -2.16. The summed E-state index contributed by atoms with van der Waals surface area (Å²) in [6, 6.07) is 4.20. The minimum Gasteiger partial charge on any atom is -0.352 e. The van der Waals surface area contributed by atoms with E-state index in [2.05, 4.69) is 25.0 Å². The molecule has 0 atom stereocenters. The van der Waals surface area contributed by atoms with Crippen molar-refractivity contribution in [3.63, 3.8) is 0 Å². The van der Waals surface area contributed by atoms with Crippen LogP contribution in [0.15, 0.2) is 24.4 Å². The van der Waals surface area contributed by atoms with Crippen LogP contribution >= 0.6 is 11.6 Å². The van der Waals surface area contributed by atoms with E-state index in [9.17, 15) is 12.8 Å². The number of imidazole rings is 1. The maximum absolute atomic E-state index is 14.6. The number of rotatable bonds is 9. The van der Waals surface area contributed by atoms with Crippen molar-refractivity contribution < 1.29 is 12.8 Å². The normalized spacial score (nSPS) is 14.0. The molecule has 2 heterocycles. The lowest BCUT2D eigenvalue weighted by molar-refractivity contribution is 0.599. The predicted molar refractivity (Wildman–Crippen MR) is 128 cm³/mol. The maximum atomic E-state index is 14.6. The molecule has 3 N–H and O–H groups in total. The van der Waals surface area contributed by atoms with Gasteiger partial charge in [0.15, 0.2) is 0 Å². The average molecular weight is 493 g/mol. The summed E-state index contributed by atoms with van der Waals surface area (Å²) in [4.78, 5) is 16.9. The van der Waals surface area contributed by atoms with Gasteiger partial charge in [0, 0.05) is 23.7 Å². The SMILES string of the molecule is CCCS(=O)(=O)Nc1cc(F)cc(-c2nc(C3CC3)[nH]c2-c2ccnc(NC(C)C)n2)c1Cl. The molecule has 1 aromatic carbocycles. The van der Waals surface area contributed by atoms with E-state index in [0.29, 0.717) is 35.4 Å². The molecular formula is C22H26ClFN6O2S. The monoisotopic (exact) mass is 492 g/mol. The highest BCUT2D eigenvalue weighted by Crippen LogP contribution is 2.44. The second kappa shape index (κ2) is 9.26. The minimum absolute atomic E-state index is 0.0214. The molecule has 2 aromatic heterocycles. The number of nitrogens with zero attached hydrogens (tertiary/aromatic N) is 3. The van der Waals surface area contributed by atoms with E-state index < -0.39 is 15.8 Å². The van der Waals surface area contributed by atoms with Crippen molar-refractivity contribution in [1.29, 1.82) is 0 Å². The van der Waals surface area contributed by atoms with Crippen molar-refractivity contribution in [1.82, 2.24) is 19.9 Å². The molecule has 1 aliphatic carbocycles. The lowest BCUT2D eigenvalue weighted by Gasteiger charge is -2.13. The van der Waals surface area contributed by atoms with Crippen molar-refractivity contribution in [2.45, 2.75) is 52.0 Å².